The molecule has 43 heavy (non-hydrogen) atoms. The number of para-hydroxylation sites is 2. The number of halogens is 2. The molecule has 2 aliphatic heterocycles. The van der Waals surface area contributed by atoms with E-state index in [4.69, 9.17) is 23.2 Å². The minimum absolute atomic E-state index is 0.194. The Bertz CT molecular complexity index is 1700. The van der Waals surface area contributed by atoms with E-state index in [9.17, 15) is 19.2 Å². The lowest BCUT2D eigenvalue weighted by atomic mass is 9.62. The summed E-state index contributed by atoms with van der Waals surface area (Å²) in [6.45, 7) is 0. The summed E-state index contributed by atoms with van der Waals surface area (Å²) < 4.78 is 0. The van der Waals surface area contributed by atoms with Crippen LogP contribution in [0.25, 0.3) is 0 Å². The second kappa shape index (κ2) is 11.4. The van der Waals surface area contributed by atoms with E-state index in [2.05, 4.69) is 0 Å². The van der Waals surface area contributed by atoms with Gasteiger partial charge in [0.05, 0.1) is 34.2 Å². The van der Waals surface area contributed by atoms with Crippen molar-refractivity contribution >= 4 is 58.1 Å². The van der Waals surface area contributed by atoms with Crippen molar-refractivity contribution < 1.29 is 19.2 Å². The SMILES string of the molecule is CN1C(=O)[C@@]2(c3ccccc31)[C@H](C(=O)c1ccccc1)[C@H]1C(=O)N(c3ccccc3)C(=O)[C@H]1[C@@H]2c1ccccc1.ClCCl. The second-order valence-electron chi connectivity index (χ2n) is 10.8. The van der Waals surface area contributed by atoms with Crippen molar-refractivity contribution in [2.24, 2.45) is 17.8 Å². The molecule has 2 heterocycles. The number of likely N-dealkylation sites (N-methyl/N-ethyl adjacent to an activating group) is 1. The molecule has 8 heteroatoms. The number of carbonyl (C=O) groups excluding carboxylic acids is 4. The smallest absolute Gasteiger partial charge is 0.238 e. The third kappa shape index (κ3) is 4.23. The number of anilines is 2. The molecule has 7 rings (SSSR count). The fourth-order valence-electron chi connectivity index (χ4n) is 7.51. The number of amides is 3. The number of Topliss-reactive ketones (excluding diaryl/α,β-unsaturated/α-hetero) is 1. The molecule has 4 aromatic rings. The van der Waals surface area contributed by atoms with Gasteiger partial charge in [-0.1, -0.05) is 97.1 Å². The lowest BCUT2D eigenvalue weighted by molar-refractivity contribution is -0.126. The number of carbonyl (C=O) groups is 4. The van der Waals surface area contributed by atoms with Gasteiger partial charge in [0.15, 0.2) is 5.78 Å². The first-order valence-corrected chi connectivity index (χ1v) is 15.0. The molecule has 2 fully saturated rings. The zero-order chi connectivity index (χ0) is 30.3. The van der Waals surface area contributed by atoms with Crippen LogP contribution in [0.15, 0.2) is 115 Å². The summed E-state index contributed by atoms with van der Waals surface area (Å²) in [5.74, 6) is -5.08. The largest absolute Gasteiger partial charge is 0.314 e. The minimum Gasteiger partial charge on any atom is -0.314 e. The summed E-state index contributed by atoms with van der Waals surface area (Å²) in [5.41, 5.74) is 1.59. The average molecular weight is 612 g/mol. The molecule has 4 aromatic carbocycles. The van der Waals surface area contributed by atoms with E-state index < -0.39 is 35.0 Å². The molecule has 3 amide bonds. The number of benzene rings is 4. The van der Waals surface area contributed by atoms with E-state index in [1.54, 1.807) is 60.5 Å². The fraction of sp³-hybridized carbons (Fsp3) is 0.200. The summed E-state index contributed by atoms with van der Waals surface area (Å²) >= 11 is 9.53. The number of alkyl halides is 2. The van der Waals surface area contributed by atoms with Crippen LogP contribution in [0.1, 0.15) is 27.4 Å². The molecule has 1 aliphatic carbocycles. The number of rotatable bonds is 4. The Labute approximate surface area is 259 Å². The summed E-state index contributed by atoms with van der Waals surface area (Å²) in [6.07, 6.45) is 0. The number of fused-ring (bicyclic) bond motifs is 3. The van der Waals surface area contributed by atoms with E-state index in [1.807, 2.05) is 66.7 Å². The third-order valence-corrected chi connectivity index (χ3v) is 8.98. The Morgan fingerprint density at radius 2 is 1.23 bits per heavy atom. The van der Waals surface area contributed by atoms with Gasteiger partial charge >= 0.3 is 0 Å². The first-order valence-electron chi connectivity index (χ1n) is 14.0. The average Bonchev–Trinajstić information content (AvgIpc) is 3.58. The van der Waals surface area contributed by atoms with Crippen LogP contribution < -0.4 is 9.80 Å². The lowest BCUT2D eigenvalue weighted by Gasteiger charge is -2.38. The highest BCUT2D eigenvalue weighted by Gasteiger charge is 2.76. The first-order chi connectivity index (χ1) is 20.9. The molecule has 0 N–H and O–H groups in total. The van der Waals surface area contributed by atoms with E-state index in [-0.39, 0.29) is 22.9 Å². The number of ketones is 1. The van der Waals surface area contributed by atoms with Gasteiger partial charge in [0.1, 0.15) is 0 Å². The van der Waals surface area contributed by atoms with Gasteiger partial charge < -0.3 is 4.90 Å². The van der Waals surface area contributed by atoms with Crippen molar-refractivity contribution in [3.05, 3.63) is 132 Å². The Balaban J connectivity index is 0.00000105. The second-order valence-corrected chi connectivity index (χ2v) is 11.7. The van der Waals surface area contributed by atoms with Crippen LogP contribution in [-0.4, -0.2) is 35.9 Å². The maximum atomic E-state index is 14.6. The minimum atomic E-state index is -1.43. The van der Waals surface area contributed by atoms with E-state index in [1.165, 1.54) is 4.90 Å². The third-order valence-electron chi connectivity index (χ3n) is 8.98. The number of hydrogen-bond acceptors (Lipinski definition) is 4. The summed E-state index contributed by atoms with van der Waals surface area (Å²) in [7, 11) is 1.70. The predicted molar refractivity (Wildman–Crippen MR) is 167 cm³/mol. The topological polar surface area (TPSA) is 74.8 Å². The van der Waals surface area contributed by atoms with Crippen molar-refractivity contribution in [3.8, 4) is 0 Å². The molecule has 0 bridgehead atoms. The molecule has 5 atom stereocenters. The van der Waals surface area contributed by atoms with Crippen LogP contribution in [-0.2, 0) is 19.8 Å². The first kappa shape index (κ1) is 28.8. The Morgan fingerprint density at radius 1 is 0.721 bits per heavy atom. The molecule has 3 aliphatic rings. The highest BCUT2D eigenvalue weighted by atomic mass is 35.5. The summed E-state index contributed by atoms with van der Waals surface area (Å²) in [6, 6.07) is 34.5. The monoisotopic (exact) mass is 610 g/mol. The van der Waals surface area contributed by atoms with Crippen molar-refractivity contribution in [1.82, 2.24) is 0 Å². The van der Waals surface area contributed by atoms with Crippen LogP contribution in [0.3, 0.4) is 0 Å². The van der Waals surface area contributed by atoms with Gasteiger partial charge in [-0.3, -0.25) is 24.1 Å². The van der Waals surface area contributed by atoms with Crippen LogP contribution >= 0.6 is 23.2 Å². The Kier molecular flexibility index (Phi) is 7.67. The van der Waals surface area contributed by atoms with Crippen molar-refractivity contribution in [2.45, 2.75) is 11.3 Å². The molecular weight excluding hydrogens is 583 g/mol. The molecule has 1 saturated heterocycles. The molecular formula is C35H28Cl2N2O4. The molecule has 6 nitrogen and oxygen atoms in total. The molecule has 0 aromatic heterocycles. The predicted octanol–water partition coefficient (Wildman–Crippen LogP) is 6.42. The van der Waals surface area contributed by atoms with Crippen molar-refractivity contribution in [2.75, 3.05) is 22.2 Å². The highest BCUT2D eigenvalue weighted by molar-refractivity contribution is 6.40. The maximum absolute atomic E-state index is 14.6. The number of hydrogen-bond donors (Lipinski definition) is 0. The fourth-order valence-corrected chi connectivity index (χ4v) is 7.51. The van der Waals surface area contributed by atoms with Gasteiger partial charge in [0.2, 0.25) is 17.7 Å². The summed E-state index contributed by atoms with van der Waals surface area (Å²) in [5, 5.41) is 0.194. The van der Waals surface area contributed by atoms with Crippen LogP contribution in [0, 0.1) is 17.8 Å². The zero-order valence-corrected chi connectivity index (χ0v) is 24.8. The van der Waals surface area contributed by atoms with E-state index in [0.29, 0.717) is 22.5 Å². The molecule has 216 valence electrons. The maximum Gasteiger partial charge on any atom is 0.238 e. The van der Waals surface area contributed by atoms with Crippen LogP contribution in [0.2, 0.25) is 0 Å². The van der Waals surface area contributed by atoms with Gasteiger partial charge in [-0.2, -0.15) is 0 Å². The lowest BCUT2D eigenvalue weighted by Crippen LogP contribution is -2.51. The Hall–Kier alpha value is -4.26. The number of nitrogens with zero attached hydrogens (tertiary/aromatic N) is 2. The van der Waals surface area contributed by atoms with Crippen molar-refractivity contribution in [1.29, 1.82) is 0 Å². The van der Waals surface area contributed by atoms with Gasteiger partial charge in [-0.05, 0) is 29.3 Å². The van der Waals surface area contributed by atoms with Gasteiger partial charge in [0.25, 0.3) is 0 Å². The molecule has 0 unspecified atom stereocenters. The molecule has 1 saturated carbocycles. The normalized spacial score (nSPS) is 25.4. The zero-order valence-electron chi connectivity index (χ0n) is 23.3. The van der Waals surface area contributed by atoms with Gasteiger partial charge in [-0.25, -0.2) is 0 Å². The standard InChI is InChI=1S/C34H26N2O4.CH2Cl2/c1-35-25-20-12-11-19-24(25)34(33(35)40)28(21-13-5-2-6-14-21)26-27(29(34)30(37)22-15-7-3-8-16-22)32(39)36(31(26)38)23-17-9-4-10-18-23;2-1-3/h2-20,26-29H,1H3;1H2/t26-,27+,28+,29+,34-;/m1./s1. The number of imide groups is 1. The quantitative estimate of drug-likeness (QED) is 0.152. The highest BCUT2D eigenvalue weighted by Crippen LogP contribution is 2.67. The van der Waals surface area contributed by atoms with Crippen LogP contribution in [0.5, 0.6) is 0 Å². The van der Waals surface area contributed by atoms with E-state index in [0.717, 1.165) is 5.56 Å². The Morgan fingerprint density at radius 3 is 1.86 bits per heavy atom. The van der Waals surface area contributed by atoms with Gasteiger partial charge in [0, 0.05) is 24.2 Å². The van der Waals surface area contributed by atoms with Crippen LogP contribution in [0.4, 0.5) is 11.4 Å². The van der Waals surface area contributed by atoms with Crippen molar-refractivity contribution in [3.63, 3.8) is 0 Å². The molecule has 1 spiro atoms. The summed E-state index contributed by atoms with van der Waals surface area (Å²) in [4.78, 5) is 60.9. The molecule has 0 radical (unpaired) electrons. The van der Waals surface area contributed by atoms with E-state index >= 15 is 0 Å². The van der Waals surface area contributed by atoms with Gasteiger partial charge in [-0.15, -0.1) is 23.2 Å².